The lowest BCUT2D eigenvalue weighted by atomic mass is 10.2. The van der Waals surface area contributed by atoms with Gasteiger partial charge in [0, 0.05) is 49.5 Å². The fourth-order valence-corrected chi connectivity index (χ4v) is 4.64. The van der Waals surface area contributed by atoms with E-state index in [1.807, 2.05) is 18.2 Å². The lowest BCUT2D eigenvalue weighted by Crippen LogP contribution is -2.49. The molecule has 9 heteroatoms. The maximum absolute atomic E-state index is 12.5. The lowest BCUT2D eigenvalue weighted by Gasteiger charge is -2.34. The zero-order valence-corrected chi connectivity index (χ0v) is 17.0. The third kappa shape index (κ3) is 5.43. The Morgan fingerprint density at radius 3 is 2.43 bits per heavy atom. The second kappa shape index (κ2) is 9.36. The van der Waals surface area contributed by atoms with Crippen LogP contribution in [-0.2, 0) is 10.0 Å². The number of aromatic nitrogens is 1. The molecule has 0 unspecified atom stereocenters. The number of rotatable bonds is 7. The van der Waals surface area contributed by atoms with Crippen LogP contribution in [-0.4, -0.2) is 62.1 Å². The smallest absolute Gasteiger partial charge is 0.251 e. The highest BCUT2D eigenvalue weighted by molar-refractivity contribution is 7.89. The van der Waals surface area contributed by atoms with Crippen molar-refractivity contribution in [2.75, 3.05) is 43.4 Å². The summed E-state index contributed by atoms with van der Waals surface area (Å²) in [6.07, 6.45) is 2.10. The number of hydrogen-bond acceptors (Lipinski definition) is 5. The van der Waals surface area contributed by atoms with E-state index in [0.29, 0.717) is 49.7 Å². The van der Waals surface area contributed by atoms with Crippen LogP contribution in [0.3, 0.4) is 0 Å². The fraction of sp³-hybridized carbons (Fsp3) is 0.368. The number of carbonyl (C=O) groups is 1. The van der Waals surface area contributed by atoms with E-state index < -0.39 is 10.0 Å². The van der Waals surface area contributed by atoms with Crippen LogP contribution in [0.25, 0.3) is 0 Å². The predicted molar refractivity (Wildman–Crippen MR) is 110 cm³/mol. The number of nitrogens with one attached hydrogen (secondary N) is 1. The molecule has 1 N–H and O–H groups in total. The van der Waals surface area contributed by atoms with Crippen molar-refractivity contribution >= 4 is 33.3 Å². The van der Waals surface area contributed by atoms with E-state index in [0.717, 1.165) is 5.82 Å². The first-order chi connectivity index (χ1) is 13.5. The SMILES string of the molecule is O=C(NCCCS(=O)(=O)N1CCN(c2ccccn2)CC1)c1ccc(Cl)cc1. The molecule has 1 aliphatic rings. The van der Waals surface area contributed by atoms with E-state index in [2.05, 4.69) is 15.2 Å². The molecule has 0 radical (unpaired) electrons. The van der Waals surface area contributed by atoms with Gasteiger partial charge in [-0.25, -0.2) is 13.4 Å². The topological polar surface area (TPSA) is 82.6 Å². The van der Waals surface area contributed by atoms with Crippen LogP contribution in [0.2, 0.25) is 5.02 Å². The number of halogens is 1. The van der Waals surface area contributed by atoms with Crippen LogP contribution in [0.15, 0.2) is 48.7 Å². The zero-order valence-electron chi connectivity index (χ0n) is 15.4. The molecular formula is C19H23ClN4O3S. The van der Waals surface area contributed by atoms with Gasteiger partial charge in [0.2, 0.25) is 10.0 Å². The van der Waals surface area contributed by atoms with Gasteiger partial charge in [-0.05, 0) is 42.8 Å². The Kier molecular flexibility index (Phi) is 6.88. The maximum Gasteiger partial charge on any atom is 0.251 e. The van der Waals surface area contributed by atoms with Crippen LogP contribution in [0.4, 0.5) is 5.82 Å². The van der Waals surface area contributed by atoms with Crippen molar-refractivity contribution in [1.82, 2.24) is 14.6 Å². The summed E-state index contributed by atoms with van der Waals surface area (Å²) in [4.78, 5) is 18.4. The molecule has 0 saturated carbocycles. The summed E-state index contributed by atoms with van der Waals surface area (Å²) in [5.74, 6) is 0.639. The number of sulfonamides is 1. The van der Waals surface area contributed by atoms with Gasteiger partial charge in [0.05, 0.1) is 5.75 Å². The molecule has 1 aromatic carbocycles. The third-order valence-corrected chi connectivity index (χ3v) is 6.78. The summed E-state index contributed by atoms with van der Waals surface area (Å²) in [5, 5.41) is 3.30. The van der Waals surface area contributed by atoms with E-state index in [-0.39, 0.29) is 11.7 Å². The number of hydrogen-bond donors (Lipinski definition) is 1. The monoisotopic (exact) mass is 422 g/mol. The van der Waals surface area contributed by atoms with Gasteiger partial charge in [-0.2, -0.15) is 4.31 Å². The number of pyridine rings is 1. The van der Waals surface area contributed by atoms with Gasteiger partial charge in [-0.15, -0.1) is 0 Å². The molecule has 1 saturated heterocycles. The van der Waals surface area contributed by atoms with E-state index >= 15 is 0 Å². The summed E-state index contributed by atoms with van der Waals surface area (Å²) in [6.45, 7) is 2.41. The minimum absolute atomic E-state index is 0.0114. The van der Waals surface area contributed by atoms with Gasteiger partial charge in [0.1, 0.15) is 5.82 Å². The standard InChI is InChI=1S/C19H23ClN4O3S/c20-17-7-5-16(6-8-17)19(25)22-10-3-15-28(26,27)24-13-11-23(12-14-24)18-4-1-2-9-21-18/h1-2,4-9H,3,10-15H2,(H,22,25). The summed E-state index contributed by atoms with van der Waals surface area (Å²) in [7, 11) is -3.34. The Hall–Kier alpha value is -2.16. The van der Waals surface area contributed by atoms with Crippen molar-refractivity contribution in [2.24, 2.45) is 0 Å². The average molecular weight is 423 g/mol. The van der Waals surface area contributed by atoms with Crippen molar-refractivity contribution < 1.29 is 13.2 Å². The van der Waals surface area contributed by atoms with E-state index in [1.54, 1.807) is 30.5 Å². The molecular weight excluding hydrogens is 400 g/mol. The van der Waals surface area contributed by atoms with Gasteiger partial charge in [-0.3, -0.25) is 4.79 Å². The molecule has 0 aliphatic carbocycles. The van der Waals surface area contributed by atoms with Crippen molar-refractivity contribution in [3.05, 3.63) is 59.2 Å². The molecule has 2 heterocycles. The van der Waals surface area contributed by atoms with Crippen LogP contribution < -0.4 is 10.2 Å². The number of benzene rings is 1. The molecule has 1 aromatic heterocycles. The molecule has 1 fully saturated rings. The highest BCUT2D eigenvalue weighted by Crippen LogP contribution is 2.15. The first-order valence-corrected chi connectivity index (χ1v) is 11.1. The quantitative estimate of drug-likeness (QED) is 0.690. The Balaban J connectivity index is 1.42. The summed E-state index contributed by atoms with van der Waals surface area (Å²) < 4.78 is 26.6. The Labute approximate surface area is 170 Å². The summed E-state index contributed by atoms with van der Waals surface area (Å²) in [6, 6.07) is 12.3. The van der Waals surface area contributed by atoms with E-state index in [1.165, 1.54) is 4.31 Å². The summed E-state index contributed by atoms with van der Waals surface area (Å²) in [5.41, 5.74) is 0.498. The molecule has 7 nitrogen and oxygen atoms in total. The number of piperazine rings is 1. The van der Waals surface area contributed by atoms with Gasteiger partial charge < -0.3 is 10.2 Å². The molecule has 28 heavy (non-hydrogen) atoms. The molecule has 0 bridgehead atoms. The number of amides is 1. The molecule has 1 aliphatic heterocycles. The van der Waals surface area contributed by atoms with Crippen LogP contribution >= 0.6 is 11.6 Å². The number of anilines is 1. The second-order valence-corrected chi connectivity index (χ2v) is 9.03. The molecule has 150 valence electrons. The zero-order chi connectivity index (χ0) is 20.0. The predicted octanol–water partition coefficient (Wildman–Crippen LogP) is 2.01. The molecule has 1 amide bonds. The Morgan fingerprint density at radius 1 is 1.07 bits per heavy atom. The molecule has 3 rings (SSSR count). The van der Waals surface area contributed by atoms with Gasteiger partial charge in [0.15, 0.2) is 0 Å². The molecule has 2 aromatic rings. The minimum Gasteiger partial charge on any atom is -0.354 e. The third-order valence-electron chi connectivity index (χ3n) is 4.58. The Morgan fingerprint density at radius 2 is 1.79 bits per heavy atom. The van der Waals surface area contributed by atoms with Crippen LogP contribution in [0, 0.1) is 0 Å². The van der Waals surface area contributed by atoms with Crippen LogP contribution in [0.1, 0.15) is 16.8 Å². The normalized spacial score (nSPS) is 15.4. The maximum atomic E-state index is 12.5. The summed E-state index contributed by atoms with van der Waals surface area (Å²) >= 11 is 5.80. The highest BCUT2D eigenvalue weighted by Gasteiger charge is 2.26. The average Bonchev–Trinajstić information content (AvgIpc) is 2.72. The first kappa shape index (κ1) is 20.6. The van der Waals surface area contributed by atoms with Crippen molar-refractivity contribution in [1.29, 1.82) is 0 Å². The van der Waals surface area contributed by atoms with Crippen LogP contribution in [0.5, 0.6) is 0 Å². The molecule has 0 spiro atoms. The van der Waals surface area contributed by atoms with Gasteiger partial charge >= 0.3 is 0 Å². The highest BCUT2D eigenvalue weighted by atomic mass is 35.5. The van der Waals surface area contributed by atoms with Gasteiger partial charge in [-0.1, -0.05) is 17.7 Å². The van der Waals surface area contributed by atoms with Crippen molar-refractivity contribution in [3.63, 3.8) is 0 Å². The largest absolute Gasteiger partial charge is 0.354 e. The number of nitrogens with zero attached hydrogens (tertiary/aromatic N) is 3. The Bertz CT molecular complexity index is 883. The van der Waals surface area contributed by atoms with E-state index in [9.17, 15) is 13.2 Å². The second-order valence-electron chi connectivity index (χ2n) is 6.51. The van der Waals surface area contributed by atoms with E-state index in [4.69, 9.17) is 11.6 Å². The minimum atomic E-state index is -3.34. The fourth-order valence-electron chi connectivity index (χ4n) is 3.03. The number of carbonyl (C=O) groups excluding carboxylic acids is 1. The van der Waals surface area contributed by atoms with Gasteiger partial charge in [0.25, 0.3) is 5.91 Å². The van der Waals surface area contributed by atoms with Crippen molar-refractivity contribution in [2.45, 2.75) is 6.42 Å². The first-order valence-electron chi connectivity index (χ1n) is 9.13. The molecule has 0 atom stereocenters. The van der Waals surface area contributed by atoms with Crippen molar-refractivity contribution in [3.8, 4) is 0 Å². The lowest BCUT2D eigenvalue weighted by molar-refractivity contribution is 0.0953.